The lowest BCUT2D eigenvalue weighted by Gasteiger charge is -2.42. The summed E-state index contributed by atoms with van der Waals surface area (Å²) in [5, 5.41) is 8.91. The Kier molecular flexibility index (Phi) is 4.46. The normalized spacial score (nSPS) is 23.8. The van der Waals surface area contributed by atoms with Gasteiger partial charge in [0.15, 0.2) is 0 Å². The zero-order valence-corrected chi connectivity index (χ0v) is 13.5. The summed E-state index contributed by atoms with van der Waals surface area (Å²) in [5.74, 6) is 0.0122. The second-order valence-electron chi connectivity index (χ2n) is 5.31. The summed E-state index contributed by atoms with van der Waals surface area (Å²) >= 11 is 3.44. The Labute approximate surface area is 128 Å². The predicted molar refractivity (Wildman–Crippen MR) is 82.5 cm³/mol. The molecule has 0 aliphatic carbocycles. The quantitative estimate of drug-likeness (QED) is 0.834. The van der Waals surface area contributed by atoms with E-state index in [9.17, 15) is 4.79 Å². The lowest BCUT2D eigenvalue weighted by Crippen LogP contribution is -2.60. The van der Waals surface area contributed by atoms with E-state index in [0.717, 1.165) is 22.3 Å². The van der Waals surface area contributed by atoms with Crippen LogP contribution in [0.4, 0.5) is 5.69 Å². The standard InChI is InChI=1S/C15H18BrN3O/c1-10-8-12(16)4-5-13(10)19-11(2)9-18(3)14(6-7-17)15(19)20/h4-5,8,11,14H,6,9H2,1-3H3. The molecular weight excluding hydrogens is 318 g/mol. The smallest absolute Gasteiger partial charge is 0.245 e. The van der Waals surface area contributed by atoms with Crippen molar-refractivity contribution in [2.24, 2.45) is 0 Å². The molecule has 106 valence electrons. The number of nitriles is 1. The minimum atomic E-state index is -0.348. The SMILES string of the molecule is Cc1cc(Br)ccc1N1C(=O)C(CC#N)N(C)CC1C. The molecule has 0 bridgehead atoms. The lowest BCUT2D eigenvalue weighted by molar-refractivity contribution is -0.126. The number of anilines is 1. The zero-order valence-electron chi connectivity index (χ0n) is 11.9. The van der Waals surface area contributed by atoms with Gasteiger partial charge in [-0.3, -0.25) is 9.69 Å². The van der Waals surface area contributed by atoms with Crippen molar-refractivity contribution in [3.8, 4) is 6.07 Å². The van der Waals surface area contributed by atoms with Gasteiger partial charge in [0.25, 0.3) is 0 Å². The summed E-state index contributed by atoms with van der Waals surface area (Å²) in [7, 11) is 1.90. The minimum absolute atomic E-state index is 0.0122. The van der Waals surface area contributed by atoms with Crippen LogP contribution in [0.1, 0.15) is 18.9 Å². The van der Waals surface area contributed by atoms with Gasteiger partial charge in [-0.05, 0) is 44.7 Å². The van der Waals surface area contributed by atoms with Crippen LogP contribution in [0.3, 0.4) is 0 Å². The highest BCUT2D eigenvalue weighted by Crippen LogP contribution is 2.29. The highest BCUT2D eigenvalue weighted by molar-refractivity contribution is 9.10. The molecule has 4 nitrogen and oxygen atoms in total. The molecule has 1 aliphatic rings. The summed E-state index contributed by atoms with van der Waals surface area (Å²) in [6.45, 7) is 4.81. The molecule has 0 spiro atoms. The molecule has 2 rings (SSSR count). The van der Waals surface area contributed by atoms with Gasteiger partial charge in [0.05, 0.1) is 12.5 Å². The molecule has 1 aliphatic heterocycles. The number of benzene rings is 1. The first-order valence-electron chi connectivity index (χ1n) is 6.62. The van der Waals surface area contributed by atoms with Gasteiger partial charge in [0.2, 0.25) is 5.91 Å². The van der Waals surface area contributed by atoms with Gasteiger partial charge in [0.1, 0.15) is 6.04 Å². The van der Waals surface area contributed by atoms with Gasteiger partial charge < -0.3 is 4.90 Å². The van der Waals surface area contributed by atoms with Crippen molar-refractivity contribution < 1.29 is 4.79 Å². The van der Waals surface area contributed by atoms with E-state index in [-0.39, 0.29) is 24.4 Å². The van der Waals surface area contributed by atoms with Gasteiger partial charge in [-0.25, -0.2) is 0 Å². The number of aryl methyl sites for hydroxylation is 1. The van der Waals surface area contributed by atoms with Gasteiger partial charge in [0, 0.05) is 22.7 Å². The van der Waals surface area contributed by atoms with Gasteiger partial charge in [-0.1, -0.05) is 15.9 Å². The molecule has 2 atom stereocenters. The van der Waals surface area contributed by atoms with E-state index in [2.05, 4.69) is 22.0 Å². The Bertz CT molecular complexity index is 567. The van der Waals surface area contributed by atoms with Crippen LogP contribution >= 0.6 is 15.9 Å². The summed E-state index contributed by atoms with van der Waals surface area (Å²) in [6, 6.07) is 7.78. The number of piperazine rings is 1. The number of carbonyl (C=O) groups is 1. The molecule has 1 aromatic rings. The Morgan fingerprint density at radius 3 is 2.80 bits per heavy atom. The number of amides is 1. The van der Waals surface area contributed by atoms with Crippen LogP contribution in [0.15, 0.2) is 22.7 Å². The molecule has 0 radical (unpaired) electrons. The first-order chi connectivity index (χ1) is 9.45. The number of hydrogen-bond acceptors (Lipinski definition) is 3. The van der Waals surface area contributed by atoms with Crippen molar-refractivity contribution in [1.82, 2.24) is 4.90 Å². The van der Waals surface area contributed by atoms with Crippen molar-refractivity contribution in [3.63, 3.8) is 0 Å². The van der Waals surface area contributed by atoms with Crippen LogP contribution in [0.25, 0.3) is 0 Å². The van der Waals surface area contributed by atoms with E-state index >= 15 is 0 Å². The number of nitrogens with zero attached hydrogens (tertiary/aromatic N) is 3. The zero-order chi connectivity index (χ0) is 14.9. The van der Waals surface area contributed by atoms with Crippen LogP contribution in [0, 0.1) is 18.3 Å². The van der Waals surface area contributed by atoms with Crippen LogP contribution in [-0.2, 0) is 4.79 Å². The highest BCUT2D eigenvalue weighted by Gasteiger charge is 2.37. The summed E-state index contributed by atoms with van der Waals surface area (Å²) in [4.78, 5) is 16.5. The fourth-order valence-corrected chi connectivity index (χ4v) is 3.24. The lowest BCUT2D eigenvalue weighted by atomic mass is 10.0. The van der Waals surface area contributed by atoms with Gasteiger partial charge in [-0.2, -0.15) is 5.26 Å². The second kappa shape index (κ2) is 5.94. The summed E-state index contributed by atoms with van der Waals surface area (Å²) in [5.41, 5.74) is 1.99. The molecule has 0 N–H and O–H groups in total. The molecular formula is C15H18BrN3O. The molecule has 5 heteroatoms. The van der Waals surface area contributed by atoms with Crippen molar-refractivity contribution in [2.75, 3.05) is 18.5 Å². The van der Waals surface area contributed by atoms with Crippen LogP contribution < -0.4 is 4.90 Å². The van der Waals surface area contributed by atoms with E-state index in [0.29, 0.717) is 0 Å². The Balaban J connectivity index is 2.39. The van der Waals surface area contributed by atoms with Crippen molar-refractivity contribution in [3.05, 3.63) is 28.2 Å². The first kappa shape index (κ1) is 15.0. The molecule has 1 heterocycles. The summed E-state index contributed by atoms with van der Waals surface area (Å²) in [6.07, 6.45) is 0.230. The Morgan fingerprint density at radius 2 is 2.20 bits per heavy atom. The summed E-state index contributed by atoms with van der Waals surface area (Å²) < 4.78 is 1.00. The van der Waals surface area contributed by atoms with Crippen LogP contribution in [0.5, 0.6) is 0 Å². The van der Waals surface area contributed by atoms with Gasteiger partial charge >= 0.3 is 0 Å². The van der Waals surface area contributed by atoms with Crippen LogP contribution in [0.2, 0.25) is 0 Å². The fraction of sp³-hybridized carbons (Fsp3) is 0.467. The Morgan fingerprint density at radius 1 is 1.50 bits per heavy atom. The number of rotatable bonds is 2. The minimum Gasteiger partial charge on any atom is -0.307 e. The molecule has 20 heavy (non-hydrogen) atoms. The third-order valence-electron chi connectivity index (χ3n) is 3.75. The molecule has 2 unspecified atom stereocenters. The molecule has 1 saturated heterocycles. The molecule has 0 aromatic heterocycles. The van der Waals surface area contributed by atoms with E-state index in [1.165, 1.54) is 0 Å². The largest absolute Gasteiger partial charge is 0.307 e. The second-order valence-corrected chi connectivity index (χ2v) is 6.22. The van der Waals surface area contributed by atoms with E-state index in [4.69, 9.17) is 5.26 Å². The van der Waals surface area contributed by atoms with Crippen molar-refractivity contribution in [2.45, 2.75) is 32.4 Å². The van der Waals surface area contributed by atoms with E-state index in [1.807, 2.05) is 48.9 Å². The highest BCUT2D eigenvalue weighted by atomic mass is 79.9. The number of hydrogen-bond donors (Lipinski definition) is 0. The Hall–Kier alpha value is -1.38. The van der Waals surface area contributed by atoms with E-state index in [1.54, 1.807) is 0 Å². The maximum Gasteiger partial charge on any atom is 0.245 e. The maximum atomic E-state index is 12.7. The van der Waals surface area contributed by atoms with Crippen molar-refractivity contribution >= 4 is 27.5 Å². The topological polar surface area (TPSA) is 47.3 Å². The fourth-order valence-electron chi connectivity index (χ4n) is 2.77. The third-order valence-corrected chi connectivity index (χ3v) is 4.24. The van der Waals surface area contributed by atoms with Gasteiger partial charge in [-0.15, -0.1) is 0 Å². The molecule has 1 fully saturated rings. The number of likely N-dealkylation sites (N-methyl/N-ethyl adjacent to an activating group) is 1. The predicted octanol–water partition coefficient (Wildman–Crippen LogP) is 2.71. The van der Waals surface area contributed by atoms with Crippen molar-refractivity contribution in [1.29, 1.82) is 5.26 Å². The molecule has 0 saturated carbocycles. The number of carbonyl (C=O) groups excluding carboxylic acids is 1. The average Bonchev–Trinajstić information content (AvgIpc) is 2.37. The maximum absolute atomic E-state index is 12.7. The monoisotopic (exact) mass is 335 g/mol. The molecule has 1 aromatic carbocycles. The first-order valence-corrected chi connectivity index (χ1v) is 7.41. The van der Waals surface area contributed by atoms with E-state index < -0.39 is 0 Å². The van der Waals surface area contributed by atoms with Crippen LogP contribution in [-0.4, -0.2) is 36.5 Å². The number of halogens is 1. The third kappa shape index (κ3) is 2.72. The average molecular weight is 336 g/mol. The molecule has 1 amide bonds.